The lowest BCUT2D eigenvalue weighted by molar-refractivity contribution is -0.116. The number of benzene rings is 2. The molecule has 138 valence electrons. The largest absolute Gasteiger partial charge is 0.366 e. The fourth-order valence-corrected chi connectivity index (χ4v) is 3.78. The molecule has 3 N–H and O–H groups in total. The standard InChI is InChI=1S/C18H21N3O4S/c1-12-7-6-8-14(11-12)21(26(3,24)25)13(2)18(23)20-16-10-5-4-9-15(16)17(19)22/h4-11,13H,1-3H3,(H2,19,22)(H,20,23). The van der Waals surface area contributed by atoms with Crippen molar-refractivity contribution in [2.45, 2.75) is 19.9 Å². The molecule has 0 aliphatic carbocycles. The maximum absolute atomic E-state index is 12.7. The first-order chi connectivity index (χ1) is 12.1. The molecule has 0 aromatic heterocycles. The average Bonchev–Trinajstić information content (AvgIpc) is 2.54. The summed E-state index contributed by atoms with van der Waals surface area (Å²) in [5.41, 5.74) is 6.94. The fraction of sp³-hybridized carbons (Fsp3) is 0.222. The van der Waals surface area contributed by atoms with E-state index in [1.165, 1.54) is 19.1 Å². The normalized spacial score (nSPS) is 12.3. The maximum Gasteiger partial charge on any atom is 0.250 e. The minimum atomic E-state index is -3.72. The van der Waals surface area contributed by atoms with Gasteiger partial charge in [-0.05, 0) is 43.7 Å². The van der Waals surface area contributed by atoms with Crippen molar-refractivity contribution in [1.29, 1.82) is 0 Å². The quantitative estimate of drug-likeness (QED) is 0.803. The van der Waals surface area contributed by atoms with Crippen LogP contribution in [-0.4, -0.2) is 32.5 Å². The van der Waals surface area contributed by atoms with E-state index in [-0.39, 0.29) is 11.3 Å². The predicted octanol–water partition coefficient (Wildman–Crippen LogP) is 1.89. The van der Waals surface area contributed by atoms with Crippen molar-refractivity contribution in [3.63, 3.8) is 0 Å². The van der Waals surface area contributed by atoms with Gasteiger partial charge in [-0.25, -0.2) is 8.42 Å². The number of hydrogen-bond acceptors (Lipinski definition) is 4. The van der Waals surface area contributed by atoms with Gasteiger partial charge in [-0.15, -0.1) is 0 Å². The zero-order valence-corrected chi connectivity index (χ0v) is 15.6. The Labute approximate surface area is 152 Å². The van der Waals surface area contributed by atoms with Gasteiger partial charge in [0, 0.05) is 0 Å². The number of anilines is 2. The summed E-state index contributed by atoms with van der Waals surface area (Å²) in [6.07, 6.45) is 1.04. The van der Waals surface area contributed by atoms with Crippen LogP contribution in [0.4, 0.5) is 11.4 Å². The number of carbonyl (C=O) groups is 2. The number of primary amides is 1. The van der Waals surface area contributed by atoms with Gasteiger partial charge in [-0.3, -0.25) is 13.9 Å². The smallest absolute Gasteiger partial charge is 0.250 e. The third kappa shape index (κ3) is 4.40. The highest BCUT2D eigenvalue weighted by Gasteiger charge is 2.29. The number of rotatable bonds is 6. The number of hydrogen-bond donors (Lipinski definition) is 2. The minimum absolute atomic E-state index is 0.148. The van der Waals surface area contributed by atoms with E-state index in [1.807, 2.05) is 13.0 Å². The molecule has 0 aliphatic heterocycles. The van der Waals surface area contributed by atoms with E-state index in [9.17, 15) is 18.0 Å². The lowest BCUT2D eigenvalue weighted by Crippen LogP contribution is -2.45. The Hall–Kier alpha value is -2.87. The number of aryl methyl sites for hydroxylation is 1. The maximum atomic E-state index is 12.7. The highest BCUT2D eigenvalue weighted by atomic mass is 32.2. The van der Waals surface area contributed by atoms with E-state index >= 15 is 0 Å². The molecular weight excluding hydrogens is 354 g/mol. The summed E-state index contributed by atoms with van der Waals surface area (Å²) in [6.45, 7) is 3.31. The molecule has 8 heteroatoms. The Balaban J connectivity index is 2.36. The number of sulfonamides is 1. The molecule has 0 bridgehead atoms. The van der Waals surface area contributed by atoms with E-state index in [0.29, 0.717) is 5.69 Å². The van der Waals surface area contributed by atoms with Gasteiger partial charge >= 0.3 is 0 Å². The molecule has 0 spiro atoms. The third-order valence-electron chi connectivity index (χ3n) is 3.80. The van der Waals surface area contributed by atoms with Crippen LogP contribution in [0.3, 0.4) is 0 Å². The Kier molecular flexibility index (Phi) is 5.66. The molecule has 2 amide bonds. The third-order valence-corrected chi connectivity index (χ3v) is 5.04. The summed E-state index contributed by atoms with van der Waals surface area (Å²) < 4.78 is 25.6. The molecule has 0 fully saturated rings. The summed E-state index contributed by atoms with van der Waals surface area (Å²) in [5, 5.41) is 2.58. The van der Waals surface area contributed by atoms with Gasteiger partial charge < -0.3 is 11.1 Å². The number of nitrogens with two attached hydrogens (primary N) is 1. The topological polar surface area (TPSA) is 110 Å². The van der Waals surface area contributed by atoms with Gasteiger partial charge in [-0.1, -0.05) is 24.3 Å². The molecule has 0 saturated heterocycles. The molecule has 0 aliphatic rings. The molecule has 2 rings (SSSR count). The molecule has 0 radical (unpaired) electrons. The van der Waals surface area contributed by atoms with Crippen molar-refractivity contribution < 1.29 is 18.0 Å². The van der Waals surface area contributed by atoms with Crippen molar-refractivity contribution in [2.24, 2.45) is 5.73 Å². The van der Waals surface area contributed by atoms with Gasteiger partial charge in [0.15, 0.2) is 0 Å². The second-order valence-electron chi connectivity index (χ2n) is 5.97. The first-order valence-corrected chi connectivity index (χ1v) is 9.72. The zero-order valence-electron chi connectivity index (χ0n) is 14.8. The number of carbonyl (C=O) groups excluding carboxylic acids is 2. The average molecular weight is 375 g/mol. The first-order valence-electron chi connectivity index (χ1n) is 7.87. The highest BCUT2D eigenvalue weighted by molar-refractivity contribution is 7.92. The fourth-order valence-electron chi connectivity index (χ4n) is 2.62. The molecule has 7 nitrogen and oxygen atoms in total. The van der Waals surface area contributed by atoms with Crippen LogP contribution in [-0.2, 0) is 14.8 Å². The predicted molar refractivity (Wildman–Crippen MR) is 102 cm³/mol. The lowest BCUT2D eigenvalue weighted by Gasteiger charge is -2.28. The number of amides is 2. The molecule has 0 saturated carbocycles. The Bertz CT molecular complexity index is 941. The SMILES string of the molecule is Cc1cccc(N(C(C)C(=O)Nc2ccccc2C(N)=O)S(C)(=O)=O)c1. The second kappa shape index (κ2) is 7.57. The lowest BCUT2D eigenvalue weighted by atomic mass is 10.1. The Morgan fingerprint density at radius 1 is 1.12 bits per heavy atom. The molecule has 1 atom stereocenters. The molecule has 2 aromatic carbocycles. The monoisotopic (exact) mass is 375 g/mol. The Morgan fingerprint density at radius 2 is 1.77 bits per heavy atom. The summed E-state index contributed by atoms with van der Waals surface area (Å²) in [6, 6.07) is 12.1. The van der Waals surface area contributed by atoms with Crippen molar-refractivity contribution in [1.82, 2.24) is 0 Å². The van der Waals surface area contributed by atoms with Crippen LogP contribution in [0.15, 0.2) is 48.5 Å². The van der Waals surface area contributed by atoms with E-state index in [4.69, 9.17) is 5.73 Å². The first kappa shape index (κ1) is 19.5. The number of nitrogens with zero attached hydrogens (tertiary/aromatic N) is 1. The van der Waals surface area contributed by atoms with Crippen molar-refractivity contribution in [3.05, 3.63) is 59.7 Å². The van der Waals surface area contributed by atoms with Gasteiger partial charge in [0.05, 0.1) is 23.2 Å². The second-order valence-corrected chi connectivity index (χ2v) is 7.83. The molecular formula is C18H21N3O4S. The Morgan fingerprint density at radius 3 is 2.35 bits per heavy atom. The van der Waals surface area contributed by atoms with E-state index in [2.05, 4.69) is 5.32 Å². The van der Waals surface area contributed by atoms with E-state index < -0.39 is 27.9 Å². The van der Waals surface area contributed by atoms with E-state index in [1.54, 1.807) is 30.3 Å². The van der Waals surface area contributed by atoms with Crippen LogP contribution in [0.1, 0.15) is 22.8 Å². The summed E-state index contributed by atoms with van der Waals surface area (Å²) in [4.78, 5) is 24.2. The van der Waals surface area contributed by atoms with Crippen LogP contribution in [0, 0.1) is 6.92 Å². The van der Waals surface area contributed by atoms with Crippen LogP contribution in [0.25, 0.3) is 0 Å². The summed E-state index contributed by atoms with van der Waals surface area (Å²) in [5.74, 6) is -1.27. The highest BCUT2D eigenvalue weighted by Crippen LogP contribution is 2.23. The zero-order chi connectivity index (χ0) is 19.5. The van der Waals surface area contributed by atoms with Crippen LogP contribution >= 0.6 is 0 Å². The summed E-state index contributed by atoms with van der Waals surface area (Å²) in [7, 11) is -3.72. The van der Waals surface area contributed by atoms with Crippen LogP contribution in [0.2, 0.25) is 0 Å². The summed E-state index contributed by atoms with van der Waals surface area (Å²) >= 11 is 0. The van der Waals surface area contributed by atoms with Gasteiger partial charge in [0.1, 0.15) is 6.04 Å². The van der Waals surface area contributed by atoms with Crippen LogP contribution in [0.5, 0.6) is 0 Å². The minimum Gasteiger partial charge on any atom is -0.366 e. The molecule has 1 unspecified atom stereocenters. The van der Waals surface area contributed by atoms with Crippen LogP contribution < -0.4 is 15.4 Å². The van der Waals surface area contributed by atoms with Crippen molar-refractivity contribution in [3.8, 4) is 0 Å². The molecule has 26 heavy (non-hydrogen) atoms. The van der Waals surface area contributed by atoms with Crippen molar-refractivity contribution in [2.75, 3.05) is 15.9 Å². The molecule has 0 heterocycles. The number of nitrogens with one attached hydrogen (secondary N) is 1. The van der Waals surface area contributed by atoms with Gasteiger partial charge in [0.25, 0.3) is 5.91 Å². The van der Waals surface area contributed by atoms with Crippen molar-refractivity contribution >= 4 is 33.2 Å². The number of para-hydroxylation sites is 1. The van der Waals surface area contributed by atoms with Gasteiger partial charge in [0.2, 0.25) is 15.9 Å². The van der Waals surface area contributed by atoms with E-state index in [0.717, 1.165) is 16.1 Å². The molecule has 2 aromatic rings. The van der Waals surface area contributed by atoms with Gasteiger partial charge in [-0.2, -0.15) is 0 Å².